The van der Waals surface area contributed by atoms with E-state index in [2.05, 4.69) is 0 Å². The van der Waals surface area contributed by atoms with Crippen molar-refractivity contribution in [1.29, 1.82) is 0 Å². The number of nitrogens with zero attached hydrogens (tertiary/aromatic N) is 1. The molecule has 0 aliphatic carbocycles. The van der Waals surface area contributed by atoms with Gasteiger partial charge in [0.25, 0.3) is 5.91 Å². The summed E-state index contributed by atoms with van der Waals surface area (Å²) in [4.78, 5) is 24.8. The zero-order valence-corrected chi connectivity index (χ0v) is 13.1. The zero-order chi connectivity index (χ0) is 15.9. The predicted octanol–water partition coefficient (Wildman–Crippen LogP) is 2.96. The number of halogens is 1. The highest BCUT2D eigenvalue weighted by Gasteiger charge is 2.27. The molecule has 0 bridgehead atoms. The third-order valence-electron chi connectivity index (χ3n) is 3.81. The number of carbonyl (C=O) groups is 2. The SMILES string of the molecule is O=C(O)CCC1CCCCN1C(=O)COc1ccc(Cl)cc1. The number of rotatable bonds is 6. The molecule has 1 N–H and O–H groups in total. The smallest absolute Gasteiger partial charge is 0.303 e. The van der Waals surface area contributed by atoms with Gasteiger partial charge in [-0.15, -0.1) is 0 Å². The van der Waals surface area contributed by atoms with E-state index in [1.165, 1.54) is 0 Å². The van der Waals surface area contributed by atoms with Crippen molar-refractivity contribution in [3.05, 3.63) is 29.3 Å². The molecule has 1 unspecified atom stereocenters. The van der Waals surface area contributed by atoms with Gasteiger partial charge in [0, 0.05) is 24.0 Å². The Kier molecular flexibility index (Phi) is 6.07. The van der Waals surface area contributed by atoms with Gasteiger partial charge in [0.15, 0.2) is 6.61 Å². The summed E-state index contributed by atoms with van der Waals surface area (Å²) >= 11 is 5.80. The second-order valence-corrected chi connectivity index (χ2v) is 5.85. The molecule has 1 fully saturated rings. The summed E-state index contributed by atoms with van der Waals surface area (Å²) in [5.41, 5.74) is 0. The van der Waals surface area contributed by atoms with Crippen molar-refractivity contribution >= 4 is 23.5 Å². The second-order valence-electron chi connectivity index (χ2n) is 5.41. The van der Waals surface area contributed by atoms with Crippen molar-refractivity contribution in [3.8, 4) is 5.75 Å². The van der Waals surface area contributed by atoms with Gasteiger partial charge in [-0.3, -0.25) is 9.59 Å². The summed E-state index contributed by atoms with van der Waals surface area (Å²) < 4.78 is 5.48. The lowest BCUT2D eigenvalue weighted by molar-refractivity contribution is -0.141. The molecule has 0 radical (unpaired) electrons. The van der Waals surface area contributed by atoms with Crippen LogP contribution in [0.3, 0.4) is 0 Å². The molecule has 1 saturated heterocycles. The zero-order valence-electron chi connectivity index (χ0n) is 12.3. The monoisotopic (exact) mass is 325 g/mol. The highest BCUT2D eigenvalue weighted by atomic mass is 35.5. The van der Waals surface area contributed by atoms with Crippen LogP contribution in [-0.4, -0.2) is 41.1 Å². The Labute approximate surface area is 134 Å². The van der Waals surface area contributed by atoms with Crippen molar-refractivity contribution in [1.82, 2.24) is 4.90 Å². The van der Waals surface area contributed by atoms with E-state index in [1.54, 1.807) is 29.2 Å². The number of carboxylic acids is 1. The molecule has 6 heteroatoms. The Morgan fingerprint density at radius 2 is 2.00 bits per heavy atom. The molecule has 0 saturated carbocycles. The molecule has 1 amide bonds. The van der Waals surface area contributed by atoms with Crippen LogP contribution in [0.25, 0.3) is 0 Å². The fourth-order valence-electron chi connectivity index (χ4n) is 2.68. The number of carboxylic acid groups (broad SMARTS) is 1. The van der Waals surface area contributed by atoms with E-state index in [4.69, 9.17) is 21.4 Å². The summed E-state index contributed by atoms with van der Waals surface area (Å²) in [7, 11) is 0. The van der Waals surface area contributed by atoms with Crippen LogP contribution in [0, 0.1) is 0 Å². The lowest BCUT2D eigenvalue weighted by Crippen LogP contribution is -2.46. The largest absolute Gasteiger partial charge is 0.484 e. The Morgan fingerprint density at radius 3 is 2.68 bits per heavy atom. The van der Waals surface area contributed by atoms with E-state index in [0.29, 0.717) is 23.7 Å². The summed E-state index contributed by atoms with van der Waals surface area (Å²) in [6.45, 7) is 0.637. The molecule has 1 aromatic carbocycles. The molecule has 1 aromatic rings. The molecule has 0 aromatic heterocycles. The van der Waals surface area contributed by atoms with E-state index in [0.717, 1.165) is 19.3 Å². The molecule has 120 valence electrons. The first-order chi connectivity index (χ1) is 10.6. The average Bonchev–Trinajstić information content (AvgIpc) is 2.52. The van der Waals surface area contributed by atoms with Crippen molar-refractivity contribution in [3.63, 3.8) is 0 Å². The van der Waals surface area contributed by atoms with Crippen LogP contribution in [0.4, 0.5) is 0 Å². The quantitative estimate of drug-likeness (QED) is 0.873. The maximum Gasteiger partial charge on any atom is 0.303 e. The third kappa shape index (κ3) is 4.91. The number of hydrogen-bond acceptors (Lipinski definition) is 3. The summed E-state index contributed by atoms with van der Waals surface area (Å²) in [6, 6.07) is 6.85. The summed E-state index contributed by atoms with van der Waals surface area (Å²) in [6.07, 6.45) is 3.44. The Bertz CT molecular complexity index is 517. The van der Waals surface area contributed by atoms with Gasteiger partial charge in [-0.05, 0) is 49.9 Å². The topological polar surface area (TPSA) is 66.8 Å². The van der Waals surface area contributed by atoms with E-state index in [9.17, 15) is 9.59 Å². The molecule has 1 heterocycles. The maximum absolute atomic E-state index is 12.3. The lowest BCUT2D eigenvalue weighted by Gasteiger charge is -2.35. The molecule has 2 rings (SSSR count). The summed E-state index contributed by atoms with van der Waals surface area (Å²) in [5, 5.41) is 9.42. The molecular weight excluding hydrogens is 306 g/mol. The molecule has 1 atom stereocenters. The highest BCUT2D eigenvalue weighted by Crippen LogP contribution is 2.22. The molecule has 0 spiro atoms. The minimum absolute atomic E-state index is 0.00571. The number of likely N-dealkylation sites (tertiary alicyclic amines) is 1. The minimum atomic E-state index is -0.824. The minimum Gasteiger partial charge on any atom is -0.484 e. The van der Waals surface area contributed by atoms with Crippen molar-refractivity contribution in [2.45, 2.75) is 38.1 Å². The Morgan fingerprint density at radius 1 is 1.27 bits per heavy atom. The van der Waals surface area contributed by atoms with Gasteiger partial charge < -0.3 is 14.7 Å². The van der Waals surface area contributed by atoms with Crippen LogP contribution in [0.15, 0.2) is 24.3 Å². The van der Waals surface area contributed by atoms with Crippen LogP contribution in [0.1, 0.15) is 32.1 Å². The van der Waals surface area contributed by atoms with Gasteiger partial charge in [0.1, 0.15) is 5.75 Å². The Hall–Kier alpha value is -1.75. The highest BCUT2D eigenvalue weighted by molar-refractivity contribution is 6.30. The van der Waals surface area contributed by atoms with E-state index in [-0.39, 0.29) is 25.0 Å². The van der Waals surface area contributed by atoms with Crippen LogP contribution in [0.2, 0.25) is 5.02 Å². The van der Waals surface area contributed by atoms with Crippen molar-refractivity contribution in [2.24, 2.45) is 0 Å². The number of amides is 1. The van der Waals surface area contributed by atoms with Gasteiger partial charge in [-0.1, -0.05) is 11.6 Å². The first kappa shape index (κ1) is 16.6. The first-order valence-electron chi connectivity index (χ1n) is 7.46. The average molecular weight is 326 g/mol. The molecule has 22 heavy (non-hydrogen) atoms. The molecular formula is C16H20ClNO4. The first-order valence-corrected chi connectivity index (χ1v) is 7.83. The van der Waals surface area contributed by atoms with Gasteiger partial charge in [0.05, 0.1) is 0 Å². The summed E-state index contributed by atoms with van der Waals surface area (Å²) in [5.74, 6) is -0.322. The van der Waals surface area contributed by atoms with Crippen molar-refractivity contribution < 1.29 is 19.4 Å². The molecule has 1 aliphatic heterocycles. The van der Waals surface area contributed by atoms with Gasteiger partial charge in [-0.25, -0.2) is 0 Å². The Balaban J connectivity index is 1.88. The second kappa shape index (κ2) is 8.03. The molecule has 1 aliphatic rings. The normalized spacial score (nSPS) is 18.0. The number of benzene rings is 1. The fourth-order valence-corrected chi connectivity index (χ4v) is 2.80. The fraction of sp³-hybridized carbons (Fsp3) is 0.500. The maximum atomic E-state index is 12.3. The number of aliphatic carboxylic acids is 1. The van der Waals surface area contributed by atoms with Crippen LogP contribution >= 0.6 is 11.6 Å². The van der Waals surface area contributed by atoms with Crippen molar-refractivity contribution in [2.75, 3.05) is 13.2 Å². The van der Waals surface area contributed by atoms with Gasteiger partial charge >= 0.3 is 5.97 Å². The van der Waals surface area contributed by atoms with E-state index in [1.807, 2.05) is 0 Å². The number of carbonyl (C=O) groups excluding carboxylic acids is 1. The number of hydrogen-bond donors (Lipinski definition) is 1. The number of piperidine rings is 1. The van der Waals surface area contributed by atoms with Crippen LogP contribution in [0.5, 0.6) is 5.75 Å². The van der Waals surface area contributed by atoms with Gasteiger partial charge in [0.2, 0.25) is 0 Å². The standard InChI is InChI=1S/C16H20ClNO4/c17-12-4-7-14(8-5-12)22-11-15(19)18-10-2-1-3-13(18)6-9-16(20)21/h4-5,7-8,13H,1-3,6,9-11H2,(H,20,21). The number of ether oxygens (including phenoxy) is 1. The van der Waals surface area contributed by atoms with E-state index < -0.39 is 5.97 Å². The third-order valence-corrected chi connectivity index (χ3v) is 4.07. The lowest BCUT2D eigenvalue weighted by atomic mass is 9.98. The van der Waals surface area contributed by atoms with Crippen LogP contribution in [-0.2, 0) is 9.59 Å². The van der Waals surface area contributed by atoms with E-state index >= 15 is 0 Å². The van der Waals surface area contributed by atoms with Gasteiger partial charge in [-0.2, -0.15) is 0 Å². The molecule has 5 nitrogen and oxygen atoms in total. The predicted molar refractivity (Wildman–Crippen MR) is 83.2 cm³/mol. The van der Waals surface area contributed by atoms with Crippen LogP contribution < -0.4 is 4.74 Å².